The van der Waals surface area contributed by atoms with E-state index >= 15 is 0 Å². The molecule has 0 radical (unpaired) electrons. The van der Waals surface area contributed by atoms with Crippen molar-refractivity contribution in [2.24, 2.45) is 5.92 Å². The number of nitrogens with zero attached hydrogens (tertiary/aromatic N) is 1. The topological polar surface area (TPSA) is 58.6 Å². The van der Waals surface area contributed by atoms with Crippen LogP contribution in [0, 0.1) is 5.92 Å². The Kier molecular flexibility index (Phi) is 5.19. The van der Waals surface area contributed by atoms with E-state index in [4.69, 9.17) is 4.74 Å². The number of carbonyl (C=O) groups is 2. The third kappa shape index (κ3) is 3.69. The van der Waals surface area contributed by atoms with Crippen LogP contribution in [0.5, 0.6) is 0 Å². The highest BCUT2D eigenvalue weighted by molar-refractivity contribution is 5.95. The second kappa shape index (κ2) is 6.89. The molecule has 19 heavy (non-hydrogen) atoms. The van der Waals surface area contributed by atoms with Crippen molar-refractivity contribution in [1.82, 2.24) is 10.2 Å². The lowest BCUT2D eigenvalue weighted by Gasteiger charge is -2.37. The molecule has 1 aliphatic carbocycles. The summed E-state index contributed by atoms with van der Waals surface area (Å²) in [5, 5.41) is 2.89. The number of nitrogens with one attached hydrogen (secondary N) is 1. The molecule has 2 aliphatic rings. The van der Waals surface area contributed by atoms with Crippen LogP contribution in [-0.4, -0.2) is 49.6 Å². The van der Waals surface area contributed by atoms with Crippen LogP contribution in [0.25, 0.3) is 0 Å². The first-order chi connectivity index (χ1) is 9.22. The van der Waals surface area contributed by atoms with Gasteiger partial charge in [-0.25, -0.2) is 0 Å². The van der Waals surface area contributed by atoms with Crippen molar-refractivity contribution in [2.45, 2.75) is 44.6 Å². The maximum absolute atomic E-state index is 12.4. The molecule has 5 nitrogen and oxygen atoms in total. The van der Waals surface area contributed by atoms with Gasteiger partial charge in [0, 0.05) is 20.3 Å². The van der Waals surface area contributed by atoms with Crippen molar-refractivity contribution in [2.75, 3.05) is 26.8 Å². The first-order valence-corrected chi connectivity index (χ1v) is 7.29. The zero-order valence-electron chi connectivity index (χ0n) is 11.7. The van der Waals surface area contributed by atoms with Crippen LogP contribution in [0.3, 0.4) is 0 Å². The van der Waals surface area contributed by atoms with Crippen LogP contribution in [0.1, 0.15) is 38.5 Å². The van der Waals surface area contributed by atoms with Gasteiger partial charge in [0.25, 0.3) is 0 Å². The Hall–Kier alpha value is -1.10. The SMILES string of the molecule is COCCCN1CC(=O)NC(C2CCCCC2)C1=O. The minimum absolute atomic E-state index is 0.0207. The summed E-state index contributed by atoms with van der Waals surface area (Å²) in [6, 6.07) is -0.288. The van der Waals surface area contributed by atoms with E-state index in [1.54, 1.807) is 12.0 Å². The third-order valence-corrected chi connectivity index (χ3v) is 4.13. The van der Waals surface area contributed by atoms with Crippen LogP contribution < -0.4 is 5.32 Å². The molecule has 0 aromatic heterocycles. The lowest BCUT2D eigenvalue weighted by atomic mass is 9.82. The van der Waals surface area contributed by atoms with Gasteiger partial charge in [0.2, 0.25) is 11.8 Å². The molecule has 108 valence electrons. The normalized spacial score (nSPS) is 25.5. The largest absolute Gasteiger partial charge is 0.385 e. The van der Waals surface area contributed by atoms with Crippen molar-refractivity contribution in [3.63, 3.8) is 0 Å². The van der Waals surface area contributed by atoms with E-state index in [1.165, 1.54) is 19.3 Å². The van der Waals surface area contributed by atoms with E-state index in [2.05, 4.69) is 5.32 Å². The minimum Gasteiger partial charge on any atom is -0.385 e. The number of rotatable bonds is 5. The Morgan fingerprint density at radius 3 is 2.68 bits per heavy atom. The highest BCUT2D eigenvalue weighted by atomic mass is 16.5. The zero-order chi connectivity index (χ0) is 13.7. The summed E-state index contributed by atoms with van der Waals surface area (Å²) >= 11 is 0. The molecule has 0 aromatic rings. The molecule has 0 aromatic carbocycles. The van der Waals surface area contributed by atoms with Crippen LogP contribution in [0.15, 0.2) is 0 Å². The molecule has 5 heteroatoms. The van der Waals surface area contributed by atoms with Crippen molar-refractivity contribution in [1.29, 1.82) is 0 Å². The van der Waals surface area contributed by atoms with Gasteiger partial charge >= 0.3 is 0 Å². The van der Waals surface area contributed by atoms with Crippen LogP contribution in [0.2, 0.25) is 0 Å². The molecule has 0 spiro atoms. The Balaban J connectivity index is 1.94. The van der Waals surface area contributed by atoms with Gasteiger partial charge in [0.15, 0.2) is 0 Å². The predicted molar refractivity (Wildman–Crippen MR) is 71.6 cm³/mol. The van der Waals surface area contributed by atoms with Crippen molar-refractivity contribution >= 4 is 11.8 Å². The Morgan fingerprint density at radius 1 is 1.26 bits per heavy atom. The van der Waals surface area contributed by atoms with Crippen molar-refractivity contribution in [3.05, 3.63) is 0 Å². The van der Waals surface area contributed by atoms with Crippen LogP contribution in [0.4, 0.5) is 0 Å². The lowest BCUT2D eigenvalue weighted by Crippen LogP contribution is -2.60. The standard InChI is InChI=1S/C14H24N2O3/c1-19-9-5-8-16-10-12(17)15-13(14(16)18)11-6-3-2-4-7-11/h11,13H,2-10H2,1H3,(H,15,17). The van der Waals surface area contributed by atoms with Gasteiger partial charge in [0.1, 0.15) is 6.04 Å². The maximum Gasteiger partial charge on any atom is 0.245 e. The molecule has 0 bridgehead atoms. The van der Waals surface area contributed by atoms with Gasteiger partial charge in [-0.05, 0) is 25.2 Å². The number of piperazine rings is 1. The fraction of sp³-hybridized carbons (Fsp3) is 0.857. The number of carbonyl (C=O) groups excluding carboxylic acids is 2. The van der Waals surface area contributed by atoms with Crippen LogP contribution >= 0.6 is 0 Å². The van der Waals surface area contributed by atoms with Crippen molar-refractivity contribution in [3.8, 4) is 0 Å². The highest BCUT2D eigenvalue weighted by Gasteiger charge is 2.37. The molecule has 1 saturated carbocycles. The van der Waals surface area contributed by atoms with E-state index in [-0.39, 0.29) is 24.4 Å². The summed E-state index contributed by atoms with van der Waals surface area (Å²) in [6.07, 6.45) is 6.50. The van der Waals surface area contributed by atoms with Gasteiger partial charge in [-0.3, -0.25) is 9.59 Å². The first kappa shape index (κ1) is 14.3. The molecule has 1 unspecified atom stereocenters. The molecule has 2 fully saturated rings. The zero-order valence-corrected chi connectivity index (χ0v) is 11.7. The molecule has 2 rings (SSSR count). The van der Waals surface area contributed by atoms with Gasteiger partial charge in [-0.2, -0.15) is 0 Å². The van der Waals surface area contributed by atoms with Crippen molar-refractivity contribution < 1.29 is 14.3 Å². The van der Waals surface area contributed by atoms with E-state index in [9.17, 15) is 9.59 Å². The molecular formula is C14H24N2O3. The van der Waals surface area contributed by atoms with Gasteiger partial charge < -0.3 is 15.0 Å². The molecule has 2 amide bonds. The average molecular weight is 268 g/mol. The fourth-order valence-corrected chi connectivity index (χ4v) is 3.10. The van der Waals surface area contributed by atoms with E-state index in [0.29, 0.717) is 19.1 Å². The second-order valence-electron chi connectivity index (χ2n) is 5.55. The quantitative estimate of drug-likeness (QED) is 0.755. The number of ether oxygens (including phenoxy) is 1. The third-order valence-electron chi connectivity index (χ3n) is 4.13. The van der Waals surface area contributed by atoms with E-state index < -0.39 is 0 Å². The number of hydrogen-bond donors (Lipinski definition) is 1. The Morgan fingerprint density at radius 2 is 2.00 bits per heavy atom. The van der Waals surface area contributed by atoms with Gasteiger partial charge in [-0.15, -0.1) is 0 Å². The summed E-state index contributed by atoms with van der Waals surface area (Å²) in [6.45, 7) is 1.44. The Labute approximate surface area is 114 Å². The number of hydrogen-bond acceptors (Lipinski definition) is 3. The average Bonchev–Trinajstić information content (AvgIpc) is 2.43. The number of methoxy groups -OCH3 is 1. The molecule has 1 heterocycles. The highest BCUT2D eigenvalue weighted by Crippen LogP contribution is 2.28. The summed E-state index contributed by atoms with van der Waals surface area (Å²) in [5.41, 5.74) is 0. The fourth-order valence-electron chi connectivity index (χ4n) is 3.10. The molecule has 1 aliphatic heterocycles. The summed E-state index contributed by atoms with van der Waals surface area (Å²) < 4.78 is 5.00. The monoisotopic (exact) mass is 268 g/mol. The molecular weight excluding hydrogens is 244 g/mol. The second-order valence-corrected chi connectivity index (χ2v) is 5.55. The van der Waals surface area contributed by atoms with E-state index in [0.717, 1.165) is 19.3 Å². The Bertz CT molecular complexity index is 327. The molecule has 1 atom stereocenters. The van der Waals surface area contributed by atoms with Gasteiger partial charge in [-0.1, -0.05) is 19.3 Å². The smallest absolute Gasteiger partial charge is 0.245 e. The minimum atomic E-state index is -0.288. The lowest BCUT2D eigenvalue weighted by molar-refractivity contribution is -0.146. The van der Waals surface area contributed by atoms with Crippen LogP contribution in [-0.2, 0) is 14.3 Å². The van der Waals surface area contributed by atoms with Gasteiger partial charge in [0.05, 0.1) is 6.54 Å². The number of amides is 2. The molecule has 1 N–H and O–H groups in total. The molecule has 1 saturated heterocycles. The summed E-state index contributed by atoms with van der Waals surface area (Å²) in [5.74, 6) is 0.408. The summed E-state index contributed by atoms with van der Waals surface area (Å²) in [7, 11) is 1.65. The maximum atomic E-state index is 12.4. The first-order valence-electron chi connectivity index (χ1n) is 7.29. The predicted octanol–water partition coefficient (Wildman–Crippen LogP) is 0.930. The van der Waals surface area contributed by atoms with E-state index in [1.807, 2.05) is 0 Å². The summed E-state index contributed by atoms with van der Waals surface area (Å²) in [4.78, 5) is 25.9.